The summed E-state index contributed by atoms with van der Waals surface area (Å²) in [7, 11) is 4.10. The normalized spacial score (nSPS) is 24.7. The molecule has 0 fully saturated rings. The van der Waals surface area contributed by atoms with Crippen LogP contribution in [0.25, 0.3) is 0 Å². The molecule has 0 spiro atoms. The van der Waals surface area contributed by atoms with E-state index in [0.717, 1.165) is 0 Å². The number of hydrogen-bond acceptors (Lipinski definition) is 6. The van der Waals surface area contributed by atoms with E-state index in [4.69, 9.17) is 18.9 Å². The van der Waals surface area contributed by atoms with Crippen LogP contribution < -0.4 is 4.74 Å². The van der Waals surface area contributed by atoms with Crippen LogP contribution in [0.4, 0.5) is 0 Å². The van der Waals surface area contributed by atoms with Gasteiger partial charge in [0.15, 0.2) is 0 Å². The van der Waals surface area contributed by atoms with Gasteiger partial charge in [-0.3, -0.25) is 0 Å². The third kappa shape index (κ3) is 2.14. The van der Waals surface area contributed by atoms with Crippen LogP contribution in [0.2, 0.25) is 0 Å². The van der Waals surface area contributed by atoms with Gasteiger partial charge in [0.25, 0.3) is 0 Å². The third-order valence-corrected chi connectivity index (χ3v) is 4.06. The van der Waals surface area contributed by atoms with Crippen molar-refractivity contribution in [2.24, 2.45) is 0 Å². The van der Waals surface area contributed by atoms with Gasteiger partial charge in [-0.15, -0.1) is 0 Å². The van der Waals surface area contributed by atoms with Gasteiger partial charge in [0.05, 0.1) is 32.5 Å². The molecule has 2 aliphatic heterocycles. The Hall–Kier alpha value is -2.60. The topological polar surface area (TPSA) is 71.1 Å². The highest BCUT2D eigenvalue weighted by Gasteiger charge is 2.55. The zero-order valence-corrected chi connectivity index (χ0v) is 13.0. The molecule has 2 atom stereocenters. The molecule has 2 aliphatic rings. The lowest BCUT2D eigenvalue weighted by atomic mass is 9.81. The Morgan fingerprint density at radius 1 is 1.04 bits per heavy atom. The first kappa shape index (κ1) is 15.3. The van der Waals surface area contributed by atoms with Crippen molar-refractivity contribution in [2.45, 2.75) is 11.7 Å². The highest BCUT2D eigenvalue weighted by molar-refractivity contribution is 6.05. The zero-order valence-electron chi connectivity index (χ0n) is 13.0. The van der Waals surface area contributed by atoms with Crippen LogP contribution in [0.3, 0.4) is 0 Å². The van der Waals surface area contributed by atoms with Crippen molar-refractivity contribution < 1.29 is 28.5 Å². The van der Waals surface area contributed by atoms with E-state index in [1.807, 2.05) is 0 Å². The van der Waals surface area contributed by atoms with Crippen LogP contribution in [-0.2, 0) is 29.4 Å². The van der Waals surface area contributed by atoms with E-state index < -0.39 is 23.6 Å². The number of rotatable bonds is 4. The van der Waals surface area contributed by atoms with Crippen LogP contribution >= 0.6 is 0 Å². The molecule has 2 heterocycles. The molecular formula is C17H16O6. The molecule has 0 saturated carbocycles. The van der Waals surface area contributed by atoms with Crippen LogP contribution in [0, 0.1) is 0 Å². The second kappa shape index (κ2) is 5.55. The fraction of sp³-hybridized carbons (Fsp3) is 0.294. The van der Waals surface area contributed by atoms with Crippen molar-refractivity contribution in [2.75, 3.05) is 21.3 Å². The van der Waals surface area contributed by atoms with Crippen molar-refractivity contribution in [3.8, 4) is 5.75 Å². The molecule has 0 unspecified atom stereocenters. The molecular weight excluding hydrogens is 300 g/mol. The van der Waals surface area contributed by atoms with Gasteiger partial charge in [-0.05, 0) is 23.8 Å². The highest BCUT2D eigenvalue weighted by Crippen LogP contribution is 2.50. The molecule has 0 aromatic heterocycles. The van der Waals surface area contributed by atoms with E-state index in [1.54, 1.807) is 43.5 Å². The van der Waals surface area contributed by atoms with Crippen LogP contribution in [-0.4, -0.2) is 39.4 Å². The average Bonchev–Trinajstić information content (AvgIpc) is 3.18. The van der Waals surface area contributed by atoms with Crippen molar-refractivity contribution >= 4 is 11.9 Å². The lowest BCUT2D eigenvalue weighted by Gasteiger charge is -2.26. The minimum atomic E-state index is -1.15. The van der Waals surface area contributed by atoms with E-state index in [9.17, 15) is 9.59 Å². The number of fused-ring (bicyclic) bond motifs is 2. The average molecular weight is 316 g/mol. The SMILES string of the molecule is COC(=O)C1=C(C(=O)OC)[C@@]2(c3ccc(OC)cc3)C=C[C@H]1O2. The van der Waals surface area contributed by atoms with E-state index in [2.05, 4.69) is 0 Å². The summed E-state index contributed by atoms with van der Waals surface area (Å²) in [6, 6.07) is 7.10. The molecule has 1 aromatic rings. The van der Waals surface area contributed by atoms with Gasteiger partial charge in [-0.2, -0.15) is 0 Å². The van der Waals surface area contributed by atoms with Crippen molar-refractivity contribution in [3.63, 3.8) is 0 Å². The first-order valence-electron chi connectivity index (χ1n) is 7.00. The smallest absolute Gasteiger partial charge is 0.338 e. The molecule has 0 radical (unpaired) electrons. The van der Waals surface area contributed by atoms with Crippen molar-refractivity contribution in [1.82, 2.24) is 0 Å². The summed E-state index contributed by atoms with van der Waals surface area (Å²) < 4.78 is 20.8. The monoisotopic (exact) mass is 316 g/mol. The summed E-state index contributed by atoms with van der Waals surface area (Å²) in [5.74, 6) is -0.540. The Morgan fingerprint density at radius 3 is 2.26 bits per heavy atom. The molecule has 2 bridgehead atoms. The van der Waals surface area contributed by atoms with E-state index in [-0.39, 0.29) is 11.1 Å². The lowest BCUT2D eigenvalue weighted by Crippen LogP contribution is -2.30. The molecule has 6 nitrogen and oxygen atoms in total. The van der Waals surface area contributed by atoms with Gasteiger partial charge in [0.1, 0.15) is 17.5 Å². The van der Waals surface area contributed by atoms with E-state index in [1.165, 1.54) is 14.2 Å². The minimum Gasteiger partial charge on any atom is -0.497 e. The Kier molecular flexibility index (Phi) is 3.69. The first-order chi connectivity index (χ1) is 11.1. The maximum absolute atomic E-state index is 12.3. The largest absolute Gasteiger partial charge is 0.497 e. The molecule has 3 rings (SSSR count). The van der Waals surface area contributed by atoms with Gasteiger partial charge in [0, 0.05) is 0 Å². The zero-order chi connectivity index (χ0) is 16.6. The maximum atomic E-state index is 12.3. The number of esters is 2. The predicted octanol–water partition coefficient (Wildman–Crippen LogP) is 1.50. The molecule has 0 N–H and O–H groups in total. The second-order valence-corrected chi connectivity index (χ2v) is 5.13. The third-order valence-electron chi connectivity index (χ3n) is 4.06. The molecule has 6 heteroatoms. The highest BCUT2D eigenvalue weighted by atomic mass is 16.6. The first-order valence-corrected chi connectivity index (χ1v) is 7.00. The Labute approximate surface area is 133 Å². The summed E-state index contributed by atoms with van der Waals surface area (Å²) in [6.45, 7) is 0. The van der Waals surface area contributed by atoms with Crippen molar-refractivity contribution in [1.29, 1.82) is 0 Å². The minimum absolute atomic E-state index is 0.157. The fourth-order valence-corrected chi connectivity index (χ4v) is 2.98. The Morgan fingerprint density at radius 2 is 1.70 bits per heavy atom. The Balaban J connectivity index is 2.15. The molecule has 0 saturated heterocycles. The molecule has 0 amide bonds. The number of carbonyl (C=O) groups excluding carboxylic acids is 2. The quantitative estimate of drug-likeness (QED) is 0.619. The van der Waals surface area contributed by atoms with E-state index in [0.29, 0.717) is 11.3 Å². The van der Waals surface area contributed by atoms with Crippen LogP contribution in [0.1, 0.15) is 5.56 Å². The number of carbonyl (C=O) groups is 2. The Bertz CT molecular complexity index is 715. The second-order valence-electron chi connectivity index (χ2n) is 5.13. The van der Waals surface area contributed by atoms with E-state index >= 15 is 0 Å². The predicted molar refractivity (Wildman–Crippen MR) is 79.7 cm³/mol. The number of hydrogen-bond donors (Lipinski definition) is 0. The van der Waals surface area contributed by atoms with Crippen LogP contribution in [0.5, 0.6) is 5.75 Å². The van der Waals surface area contributed by atoms with Gasteiger partial charge < -0.3 is 18.9 Å². The summed E-state index contributed by atoms with van der Waals surface area (Å²) >= 11 is 0. The standard InChI is InChI=1S/C17H16O6/c1-20-11-6-4-10(5-7-11)17-9-8-12(23-17)13(15(18)21-2)14(17)16(19)22-3/h4-9,12H,1-3H3/t12-,17+/m1/s1. The van der Waals surface area contributed by atoms with Gasteiger partial charge in [0.2, 0.25) is 0 Å². The maximum Gasteiger partial charge on any atom is 0.338 e. The fourth-order valence-electron chi connectivity index (χ4n) is 2.98. The summed E-state index contributed by atoms with van der Waals surface area (Å²) in [4.78, 5) is 24.4. The molecule has 0 aliphatic carbocycles. The van der Waals surface area contributed by atoms with Crippen molar-refractivity contribution in [3.05, 3.63) is 53.1 Å². The summed E-state index contributed by atoms with van der Waals surface area (Å²) in [5.41, 5.74) is -0.105. The van der Waals surface area contributed by atoms with Gasteiger partial charge in [-0.25, -0.2) is 9.59 Å². The molecule has 1 aromatic carbocycles. The lowest BCUT2D eigenvalue weighted by molar-refractivity contribution is -0.139. The number of benzene rings is 1. The number of ether oxygens (including phenoxy) is 4. The van der Waals surface area contributed by atoms with Gasteiger partial charge >= 0.3 is 11.9 Å². The molecule has 23 heavy (non-hydrogen) atoms. The summed E-state index contributed by atoms with van der Waals surface area (Å²) in [6.07, 6.45) is 2.87. The summed E-state index contributed by atoms with van der Waals surface area (Å²) in [5, 5.41) is 0. The van der Waals surface area contributed by atoms with Crippen LogP contribution in [0.15, 0.2) is 47.6 Å². The molecule has 120 valence electrons. The van der Waals surface area contributed by atoms with Gasteiger partial charge in [-0.1, -0.05) is 18.2 Å². The number of methoxy groups -OCH3 is 3.